The zero-order valence-electron chi connectivity index (χ0n) is 21.1. The topological polar surface area (TPSA) is 64.8 Å². The number of benzene rings is 1. The summed E-state index contributed by atoms with van der Waals surface area (Å²) >= 11 is 7.27. The van der Waals surface area contributed by atoms with Crippen molar-refractivity contribution in [3.63, 3.8) is 0 Å². The molecule has 3 aliphatic rings. The van der Waals surface area contributed by atoms with Gasteiger partial charge in [-0.15, -0.1) is 0 Å². The number of hydrogen-bond acceptors (Lipinski definition) is 5. The normalized spacial score (nSPS) is 30.3. The molecule has 2 aromatic rings. The number of halogens is 2. The minimum absolute atomic E-state index is 0.0580. The van der Waals surface area contributed by atoms with E-state index in [9.17, 15) is 10.2 Å². The molecule has 1 saturated carbocycles. The van der Waals surface area contributed by atoms with E-state index in [-0.39, 0.29) is 11.8 Å². The zero-order chi connectivity index (χ0) is 25.0. The van der Waals surface area contributed by atoms with E-state index in [1.807, 2.05) is 16.9 Å². The van der Waals surface area contributed by atoms with Gasteiger partial charge >= 0.3 is 0 Å². The molecule has 192 valence electrons. The molecule has 3 unspecified atom stereocenters. The Morgan fingerprint density at radius 3 is 2.49 bits per heavy atom. The van der Waals surface area contributed by atoms with Crippen molar-refractivity contribution < 1.29 is 10.2 Å². The lowest BCUT2D eigenvalue weighted by molar-refractivity contribution is -0.136. The first kappa shape index (κ1) is 25.7. The standard InChI is InChI=1S/C27H38Br2N4O2/c1-18-15-30-33(16-18)13-12-31-9-6-26(23-19(2)14-22(28)25(34)24(23)29)7-11-32(17-21-4-5-21)20(3)27(26,35)8-10-31/h14-16,20-21,34-35H,4-13,17H2,1-3H3. The van der Waals surface area contributed by atoms with Gasteiger partial charge in [-0.3, -0.25) is 9.58 Å². The number of fused-ring (bicyclic) bond motifs is 1. The number of nitrogens with zero attached hydrogens (tertiary/aromatic N) is 4. The van der Waals surface area contributed by atoms with E-state index < -0.39 is 11.0 Å². The van der Waals surface area contributed by atoms with E-state index in [4.69, 9.17) is 0 Å². The van der Waals surface area contributed by atoms with Gasteiger partial charge in [0.15, 0.2) is 0 Å². The summed E-state index contributed by atoms with van der Waals surface area (Å²) in [6, 6.07) is 2.07. The monoisotopic (exact) mass is 608 g/mol. The van der Waals surface area contributed by atoms with E-state index >= 15 is 0 Å². The van der Waals surface area contributed by atoms with Crippen LogP contribution in [0.2, 0.25) is 0 Å². The number of aromatic hydroxyl groups is 1. The highest BCUT2D eigenvalue weighted by Gasteiger charge is 2.60. The van der Waals surface area contributed by atoms with Gasteiger partial charge in [-0.25, -0.2) is 0 Å². The van der Waals surface area contributed by atoms with Crippen LogP contribution in [0.3, 0.4) is 0 Å². The van der Waals surface area contributed by atoms with Gasteiger partial charge in [0.25, 0.3) is 0 Å². The molecule has 8 heteroatoms. The van der Waals surface area contributed by atoms with Crippen LogP contribution in [-0.2, 0) is 12.0 Å². The molecule has 3 heterocycles. The van der Waals surface area contributed by atoms with E-state index in [2.05, 4.69) is 73.7 Å². The van der Waals surface area contributed by atoms with Crippen LogP contribution in [0.5, 0.6) is 5.75 Å². The van der Waals surface area contributed by atoms with Crippen LogP contribution in [0.1, 0.15) is 55.7 Å². The maximum atomic E-state index is 12.8. The molecule has 5 rings (SSSR count). The highest BCUT2D eigenvalue weighted by atomic mass is 79.9. The van der Waals surface area contributed by atoms with Crippen molar-refractivity contribution in [3.05, 3.63) is 44.1 Å². The van der Waals surface area contributed by atoms with E-state index in [1.165, 1.54) is 18.4 Å². The second kappa shape index (κ2) is 9.75. The SMILES string of the molecule is Cc1cnn(CCN2CCC3(c4c(C)cc(Br)c(O)c4Br)CCN(CC4CC4)C(C)C3(O)CC2)c1. The van der Waals surface area contributed by atoms with E-state index in [0.29, 0.717) is 4.47 Å². The number of likely N-dealkylation sites (tertiary alicyclic amines) is 2. The van der Waals surface area contributed by atoms with Crippen molar-refractivity contribution >= 4 is 31.9 Å². The summed E-state index contributed by atoms with van der Waals surface area (Å²) < 4.78 is 3.44. The van der Waals surface area contributed by atoms with Crippen molar-refractivity contribution in [3.8, 4) is 5.75 Å². The largest absolute Gasteiger partial charge is 0.506 e. The van der Waals surface area contributed by atoms with Gasteiger partial charge in [0.05, 0.1) is 27.3 Å². The summed E-state index contributed by atoms with van der Waals surface area (Å²) in [5, 5.41) is 28.1. The van der Waals surface area contributed by atoms with Gasteiger partial charge in [0.1, 0.15) is 5.75 Å². The van der Waals surface area contributed by atoms with Crippen molar-refractivity contribution in [1.29, 1.82) is 0 Å². The molecule has 1 aliphatic carbocycles. The third-order valence-corrected chi connectivity index (χ3v) is 10.4. The molecular weight excluding hydrogens is 572 g/mol. The van der Waals surface area contributed by atoms with Gasteiger partial charge < -0.3 is 15.1 Å². The Kier molecular flexibility index (Phi) is 7.16. The fraction of sp³-hybridized carbons (Fsp3) is 0.667. The lowest BCUT2D eigenvalue weighted by atomic mass is 9.57. The molecule has 3 fully saturated rings. The molecule has 2 saturated heterocycles. The Hall–Kier alpha value is -0.930. The molecule has 1 aromatic carbocycles. The molecule has 1 aromatic heterocycles. The number of rotatable bonds is 6. The summed E-state index contributed by atoms with van der Waals surface area (Å²) in [6.45, 7) is 12.0. The average molecular weight is 610 g/mol. The van der Waals surface area contributed by atoms with Gasteiger partial charge in [0, 0.05) is 37.3 Å². The molecule has 0 amide bonds. The molecule has 6 nitrogen and oxygen atoms in total. The van der Waals surface area contributed by atoms with E-state index in [0.717, 1.165) is 80.0 Å². The first-order chi connectivity index (χ1) is 16.6. The summed E-state index contributed by atoms with van der Waals surface area (Å²) in [4.78, 5) is 5.04. The molecule has 3 atom stereocenters. The van der Waals surface area contributed by atoms with Crippen molar-refractivity contribution in [1.82, 2.24) is 19.6 Å². The third-order valence-electron chi connectivity index (χ3n) is 9.02. The molecule has 0 spiro atoms. The van der Waals surface area contributed by atoms with Crippen LogP contribution >= 0.6 is 31.9 Å². The number of aryl methyl sites for hydroxylation is 2. The molecular formula is C27H38Br2N4O2. The number of phenolic OH excluding ortho intramolecular Hbond substituents is 1. The molecule has 2 N–H and O–H groups in total. The van der Waals surface area contributed by atoms with Gasteiger partial charge in [-0.05, 0) is 126 Å². The zero-order valence-corrected chi connectivity index (χ0v) is 24.3. The first-order valence-electron chi connectivity index (χ1n) is 13.0. The van der Waals surface area contributed by atoms with Crippen molar-refractivity contribution in [2.24, 2.45) is 5.92 Å². The Morgan fingerprint density at radius 1 is 1.09 bits per heavy atom. The van der Waals surface area contributed by atoms with Crippen LogP contribution < -0.4 is 0 Å². The van der Waals surface area contributed by atoms with Gasteiger partial charge in [-0.1, -0.05) is 0 Å². The lowest BCUT2D eigenvalue weighted by Gasteiger charge is -2.58. The fourth-order valence-electron chi connectivity index (χ4n) is 6.74. The minimum Gasteiger partial charge on any atom is -0.506 e. The summed E-state index contributed by atoms with van der Waals surface area (Å²) in [7, 11) is 0. The third kappa shape index (κ3) is 4.63. The Labute approximate surface area is 225 Å². The van der Waals surface area contributed by atoms with Gasteiger partial charge in [-0.2, -0.15) is 5.10 Å². The number of piperidine rings is 1. The highest BCUT2D eigenvalue weighted by molar-refractivity contribution is 9.11. The number of phenols is 1. The van der Waals surface area contributed by atoms with Crippen LogP contribution in [0.25, 0.3) is 0 Å². The quantitative estimate of drug-likeness (QED) is 0.483. The lowest BCUT2D eigenvalue weighted by Crippen LogP contribution is -2.68. The molecule has 35 heavy (non-hydrogen) atoms. The molecule has 2 aliphatic heterocycles. The van der Waals surface area contributed by atoms with Crippen LogP contribution in [0.4, 0.5) is 0 Å². The van der Waals surface area contributed by atoms with Crippen LogP contribution in [-0.4, -0.2) is 74.2 Å². The van der Waals surface area contributed by atoms with E-state index in [1.54, 1.807) is 0 Å². The predicted molar refractivity (Wildman–Crippen MR) is 146 cm³/mol. The predicted octanol–water partition coefficient (Wildman–Crippen LogP) is 5.00. The maximum absolute atomic E-state index is 12.8. The Morgan fingerprint density at radius 2 is 1.80 bits per heavy atom. The molecule has 0 bridgehead atoms. The maximum Gasteiger partial charge on any atom is 0.144 e. The van der Waals surface area contributed by atoms with Gasteiger partial charge in [0.2, 0.25) is 0 Å². The number of hydrogen-bond donors (Lipinski definition) is 2. The summed E-state index contributed by atoms with van der Waals surface area (Å²) in [6.07, 6.45) is 9.12. The van der Waals surface area contributed by atoms with Crippen LogP contribution in [0, 0.1) is 19.8 Å². The van der Waals surface area contributed by atoms with Crippen molar-refractivity contribution in [2.45, 2.75) is 76.5 Å². The number of aromatic nitrogens is 2. The number of aliphatic hydroxyl groups is 1. The summed E-state index contributed by atoms with van der Waals surface area (Å²) in [5.74, 6) is 1.02. The molecule has 0 radical (unpaired) electrons. The first-order valence-corrected chi connectivity index (χ1v) is 14.6. The van der Waals surface area contributed by atoms with Crippen molar-refractivity contribution in [2.75, 3.05) is 32.7 Å². The minimum atomic E-state index is -0.884. The van der Waals surface area contributed by atoms with Crippen LogP contribution in [0.15, 0.2) is 27.4 Å². The second-order valence-corrected chi connectivity index (χ2v) is 12.9. The highest BCUT2D eigenvalue weighted by Crippen LogP contribution is 2.56. The smallest absolute Gasteiger partial charge is 0.144 e. The Bertz CT molecular complexity index is 1090. The Balaban J connectivity index is 1.50. The summed E-state index contributed by atoms with van der Waals surface area (Å²) in [5.41, 5.74) is 2.07. The fourth-order valence-corrected chi connectivity index (χ4v) is 8.46. The second-order valence-electron chi connectivity index (χ2n) is 11.2. The average Bonchev–Trinajstić information content (AvgIpc) is 3.57.